The van der Waals surface area contributed by atoms with E-state index in [1.165, 1.54) is 11.1 Å². The molecule has 1 unspecified atom stereocenters. The lowest BCUT2D eigenvalue weighted by Crippen LogP contribution is -2.01. The number of aliphatic hydroxyl groups is 1. The summed E-state index contributed by atoms with van der Waals surface area (Å²) < 4.78 is 1.73. The van der Waals surface area contributed by atoms with Gasteiger partial charge in [-0.25, -0.2) is 0 Å². The highest BCUT2D eigenvalue weighted by Crippen LogP contribution is 2.25. The lowest BCUT2D eigenvalue weighted by Gasteiger charge is -2.12. The maximum atomic E-state index is 10.3. The molecule has 0 saturated heterocycles. The van der Waals surface area contributed by atoms with Gasteiger partial charge in [-0.2, -0.15) is 5.10 Å². The minimum absolute atomic E-state index is 0.594. The summed E-state index contributed by atoms with van der Waals surface area (Å²) in [5.41, 5.74) is 5.10. The SMILES string of the molecule is Cc1ccc(C(O)c2cn(C)nc2C)cc1C. The second-order valence-electron chi connectivity index (χ2n) is 4.59. The molecule has 0 aliphatic rings. The molecule has 0 radical (unpaired) electrons. The monoisotopic (exact) mass is 230 g/mol. The van der Waals surface area contributed by atoms with Gasteiger partial charge in [0, 0.05) is 18.8 Å². The van der Waals surface area contributed by atoms with Crippen LogP contribution in [0, 0.1) is 20.8 Å². The van der Waals surface area contributed by atoms with Crippen LogP contribution in [0.4, 0.5) is 0 Å². The predicted molar refractivity (Wildman–Crippen MR) is 67.9 cm³/mol. The molecule has 90 valence electrons. The standard InChI is InChI=1S/C14H18N2O/c1-9-5-6-12(7-10(9)2)14(17)13-8-16(4)15-11(13)3/h5-8,14,17H,1-4H3. The van der Waals surface area contributed by atoms with E-state index in [1.807, 2.05) is 38.4 Å². The Morgan fingerprint density at radius 3 is 2.41 bits per heavy atom. The molecule has 0 amide bonds. The fraction of sp³-hybridized carbons (Fsp3) is 0.357. The minimum atomic E-state index is -0.594. The van der Waals surface area contributed by atoms with Crippen molar-refractivity contribution >= 4 is 0 Å². The Labute approximate surface area is 102 Å². The third kappa shape index (κ3) is 2.24. The van der Waals surface area contributed by atoms with Gasteiger partial charge in [-0.1, -0.05) is 18.2 Å². The van der Waals surface area contributed by atoms with E-state index < -0.39 is 6.10 Å². The molecule has 0 bridgehead atoms. The Kier molecular flexibility index (Phi) is 3.03. The number of benzene rings is 1. The van der Waals surface area contributed by atoms with E-state index >= 15 is 0 Å². The maximum absolute atomic E-state index is 10.3. The molecule has 0 saturated carbocycles. The molecular weight excluding hydrogens is 212 g/mol. The minimum Gasteiger partial charge on any atom is -0.384 e. The third-order valence-corrected chi connectivity index (χ3v) is 3.19. The first-order valence-corrected chi connectivity index (χ1v) is 5.74. The summed E-state index contributed by atoms with van der Waals surface area (Å²) >= 11 is 0. The highest BCUT2D eigenvalue weighted by atomic mass is 16.3. The first kappa shape index (κ1) is 11.9. The topological polar surface area (TPSA) is 38.0 Å². The number of rotatable bonds is 2. The van der Waals surface area contributed by atoms with Gasteiger partial charge in [0.1, 0.15) is 6.10 Å². The zero-order chi connectivity index (χ0) is 12.6. The molecule has 2 rings (SSSR count). The summed E-state index contributed by atoms with van der Waals surface area (Å²) in [6, 6.07) is 6.05. The number of nitrogens with zero attached hydrogens (tertiary/aromatic N) is 2. The van der Waals surface area contributed by atoms with Gasteiger partial charge >= 0.3 is 0 Å². The van der Waals surface area contributed by atoms with Crippen LogP contribution in [0.2, 0.25) is 0 Å². The quantitative estimate of drug-likeness (QED) is 0.860. The number of aliphatic hydroxyl groups excluding tert-OH is 1. The molecule has 2 aromatic rings. The van der Waals surface area contributed by atoms with E-state index in [2.05, 4.69) is 18.9 Å². The number of hydrogen-bond donors (Lipinski definition) is 1. The normalized spacial score (nSPS) is 12.8. The zero-order valence-electron chi connectivity index (χ0n) is 10.7. The van der Waals surface area contributed by atoms with Crippen LogP contribution in [0.1, 0.15) is 34.1 Å². The van der Waals surface area contributed by atoms with E-state index in [0.717, 1.165) is 16.8 Å². The van der Waals surface area contributed by atoms with Gasteiger partial charge in [0.25, 0.3) is 0 Å². The van der Waals surface area contributed by atoms with Crippen molar-refractivity contribution in [1.82, 2.24) is 9.78 Å². The molecule has 0 fully saturated rings. The predicted octanol–water partition coefficient (Wildman–Crippen LogP) is 2.43. The van der Waals surface area contributed by atoms with E-state index in [9.17, 15) is 5.11 Å². The summed E-state index contributed by atoms with van der Waals surface area (Å²) in [4.78, 5) is 0. The van der Waals surface area contributed by atoms with E-state index in [0.29, 0.717) is 0 Å². The van der Waals surface area contributed by atoms with Gasteiger partial charge in [0.2, 0.25) is 0 Å². The van der Waals surface area contributed by atoms with Crippen LogP contribution in [0.25, 0.3) is 0 Å². The van der Waals surface area contributed by atoms with Crippen molar-refractivity contribution in [3.8, 4) is 0 Å². The van der Waals surface area contributed by atoms with Gasteiger partial charge in [0.15, 0.2) is 0 Å². The fourth-order valence-corrected chi connectivity index (χ4v) is 2.00. The molecule has 0 aliphatic carbocycles. The smallest absolute Gasteiger partial charge is 0.107 e. The van der Waals surface area contributed by atoms with Gasteiger partial charge in [-0.15, -0.1) is 0 Å². The number of aromatic nitrogens is 2. The molecule has 1 atom stereocenters. The summed E-state index contributed by atoms with van der Waals surface area (Å²) in [7, 11) is 1.86. The Morgan fingerprint density at radius 1 is 1.18 bits per heavy atom. The van der Waals surface area contributed by atoms with Crippen LogP contribution < -0.4 is 0 Å². The van der Waals surface area contributed by atoms with Crippen LogP contribution in [0.15, 0.2) is 24.4 Å². The molecule has 1 aromatic carbocycles. The summed E-state index contributed by atoms with van der Waals surface area (Å²) in [6.07, 6.45) is 1.28. The highest BCUT2D eigenvalue weighted by Gasteiger charge is 2.15. The Hall–Kier alpha value is -1.61. The molecule has 3 heteroatoms. The molecule has 1 aromatic heterocycles. The van der Waals surface area contributed by atoms with Gasteiger partial charge in [-0.05, 0) is 37.5 Å². The van der Waals surface area contributed by atoms with Gasteiger partial charge in [0.05, 0.1) is 5.69 Å². The van der Waals surface area contributed by atoms with Crippen LogP contribution >= 0.6 is 0 Å². The van der Waals surface area contributed by atoms with E-state index in [-0.39, 0.29) is 0 Å². The molecule has 1 N–H and O–H groups in total. The van der Waals surface area contributed by atoms with E-state index in [1.54, 1.807) is 4.68 Å². The molecule has 17 heavy (non-hydrogen) atoms. The highest BCUT2D eigenvalue weighted by molar-refractivity contribution is 5.36. The average molecular weight is 230 g/mol. The molecule has 1 heterocycles. The fourth-order valence-electron chi connectivity index (χ4n) is 2.00. The largest absolute Gasteiger partial charge is 0.384 e. The summed E-state index contributed by atoms with van der Waals surface area (Å²) in [6.45, 7) is 6.04. The molecule has 0 spiro atoms. The Morgan fingerprint density at radius 2 is 1.88 bits per heavy atom. The van der Waals surface area contributed by atoms with Crippen molar-refractivity contribution in [3.63, 3.8) is 0 Å². The second-order valence-corrected chi connectivity index (χ2v) is 4.59. The van der Waals surface area contributed by atoms with Crippen molar-refractivity contribution in [1.29, 1.82) is 0 Å². The first-order valence-electron chi connectivity index (χ1n) is 5.74. The lowest BCUT2D eigenvalue weighted by molar-refractivity contribution is 0.219. The Bertz CT molecular complexity index is 543. The maximum Gasteiger partial charge on any atom is 0.107 e. The van der Waals surface area contributed by atoms with Crippen LogP contribution in [-0.4, -0.2) is 14.9 Å². The van der Waals surface area contributed by atoms with Crippen LogP contribution in [0.3, 0.4) is 0 Å². The summed E-state index contributed by atoms with van der Waals surface area (Å²) in [5, 5.41) is 14.6. The zero-order valence-corrected chi connectivity index (χ0v) is 10.7. The second kappa shape index (κ2) is 4.34. The van der Waals surface area contributed by atoms with Crippen molar-refractivity contribution < 1.29 is 5.11 Å². The average Bonchev–Trinajstić information content (AvgIpc) is 2.61. The van der Waals surface area contributed by atoms with Gasteiger partial charge in [-0.3, -0.25) is 4.68 Å². The first-order chi connectivity index (χ1) is 7.99. The Balaban J connectivity index is 2.40. The van der Waals surface area contributed by atoms with E-state index in [4.69, 9.17) is 0 Å². The molecule has 3 nitrogen and oxygen atoms in total. The van der Waals surface area contributed by atoms with Crippen molar-refractivity contribution in [2.75, 3.05) is 0 Å². The van der Waals surface area contributed by atoms with Crippen molar-refractivity contribution in [2.45, 2.75) is 26.9 Å². The number of hydrogen-bond acceptors (Lipinski definition) is 2. The van der Waals surface area contributed by atoms with Crippen LogP contribution in [0.5, 0.6) is 0 Å². The van der Waals surface area contributed by atoms with Crippen molar-refractivity contribution in [3.05, 3.63) is 52.3 Å². The molecule has 0 aliphatic heterocycles. The van der Waals surface area contributed by atoms with Gasteiger partial charge < -0.3 is 5.11 Å². The molecular formula is C14H18N2O. The number of aryl methyl sites for hydroxylation is 4. The van der Waals surface area contributed by atoms with Crippen molar-refractivity contribution in [2.24, 2.45) is 7.05 Å². The van der Waals surface area contributed by atoms with Crippen LogP contribution in [-0.2, 0) is 7.05 Å². The lowest BCUT2D eigenvalue weighted by atomic mass is 9.98. The summed E-state index contributed by atoms with van der Waals surface area (Å²) in [5.74, 6) is 0. The third-order valence-electron chi connectivity index (χ3n) is 3.19.